The van der Waals surface area contributed by atoms with E-state index in [1.54, 1.807) is 13.3 Å². The number of nitrogens with zero attached hydrogens (tertiary/aromatic N) is 1. The molecule has 1 aromatic rings. The molecule has 0 unspecified atom stereocenters. The second-order valence-electron chi connectivity index (χ2n) is 2.46. The molecule has 0 fully saturated rings. The van der Waals surface area contributed by atoms with Crippen LogP contribution >= 0.6 is 0 Å². The van der Waals surface area contributed by atoms with Crippen LogP contribution in [-0.4, -0.2) is 12.1 Å². The lowest BCUT2D eigenvalue weighted by Gasteiger charge is -2.19. The fraction of sp³-hybridized carbons (Fsp3) is 0.375. The number of aromatic nitrogens is 1. The Morgan fingerprint density at radius 3 is 2.90 bits per heavy atom. The lowest BCUT2D eigenvalue weighted by Crippen LogP contribution is -2.10. The molecule has 0 N–H and O–H groups in total. The largest absolute Gasteiger partial charge is 0.481 e. The van der Waals surface area contributed by atoms with Gasteiger partial charge >= 0.3 is 0 Å². The van der Waals surface area contributed by atoms with E-state index in [9.17, 15) is 0 Å². The molecular weight excluding hydrogens is 126 g/mol. The van der Waals surface area contributed by atoms with Crippen molar-refractivity contribution in [2.45, 2.75) is 12.8 Å². The number of hydrogen-bond donors (Lipinski definition) is 0. The van der Waals surface area contributed by atoms with Crippen molar-refractivity contribution in [3.05, 3.63) is 23.4 Å². The van der Waals surface area contributed by atoms with Crippen LogP contribution in [0.1, 0.15) is 11.1 Å². The topological polar surface area (TPSA) is 22.1 Å². The molecule has 10 heavy (non-hydrogen) atoms. The van der Waals surface area contributed by atoms with E-state index in [-0.39, 0.29) is 0 Å². The molecule has 2 rings (SSSR count). The molecule has 52 valence electrons. The third-order valence-corrected chi connectivity index (χ3v) is 1.95. The maximum Gasteiger partial charge on any atom is 0.216 e. The van der Waals surface area contributed by atoms with Crippen molar-refractivity contribution >= 4 is 0 Å². The summed E-state index contributed by atoms with van der Waals surface area (Å²) in [7, 11) is 1.67. The van der Waals surface area contributed by atoms with Gasteiger partial charge in [0.2, 0.25) is 5.88 Å². The van der Waals surface area contributed by atoms with Gasteiger partial charge in [0.25, 0.3) is 0 Å². The highest BCUT2D eigenvalue weighted by molar-refractivity contribution is 5.41. The molecule has 0 amide bonds. The molecule has 0 saturated carbocycles. The molecule has 0 spiro atoms. The molecule has 2 heteroatoms. The molecule has 0 aromatic carbocycles. The van der Waals surface area contributed by atoms with E-state index in [2.05, 4.69) is 11.1 Å². The molecule has 1 aromatic heterocycles. The summed E-state index contributed by atoms with van der Waals surface area (Å²) in [6.07, 6.45) is 4.12. The summed E-state index contributed by atoms with van der Waals surface area (Å²) < 4.78 is 5.07. The number of fused-ring (bicyclic) bond motifs is 1. The zero-order chi connectivity index (χ0) is 6.97. The van der Waals surface area contributed by atoms with Crippen molar-refractivity contribution in [2.75, 3.05) is 7.11 Å². The number of pyridine rings is 1. The Hall–Kier alpha value is -1.05. The lowest BCUT2D eigenvalue weighted by atomic mass is 9.90. The Morgan fingerprint density at radius 1 is 1.50 bits per heavy atom. The molecule has 1 heterocycles. The van der Waals surface area contributed by atoms with Crippen molar-refractivity contribution in [1.29, 1.82) is 0 Å². The van der Waals surface area contributed by atoms with E-state index in [1.165, 1.54) is 17.5 Å². The normalized spacial score (nSPS) is 13.7. The van der Waals surface area contributed by atoms with Crippen LogP contribution in [0, 0.1) is 0 Å². The van der Waals surface area contributed by atoms with Gasteiger partial charge in [-0.1, -0.05) is 0 Å². The SMILES string of the molecule is COc1nccc2c1CC2. The average Bonchev–Trinajstić information content (AvgIpc) is 1.91. The van der Waals surface area contributed by atoms with Crippen LogP contribution in [0.2, 0.25) is 0 Å². The summed E-state index contributed by atoms with van der Waals surface area (Å²) in [4.78, 5) is 4.09. The summed E-state index contributed by atoms with van der Waals surface area (Å²) in [6, 6.07) is 2.06. The Bertz CT molecular complexity index is 257. The van der Waals surface area contributed by atoms with E-state index in [0.29, 0.717) is 0 Å². The Labute approximate surface area is 59.9 Å². The first-order chi connectivity index (χ1) is 4.92. The second kappa shape index (κ2) is 1.97. The van der Waals surface area contributed by atoms with Gasteiger partial charge in [0, 0.05) is 11.8 Å². The highest BCUT2D eigenvalue weighted by Crippen LogP contribution is 2.28. The van der Waals surface area contributed by atoms with Crippen molar-refractivity contribution in [1.82, 2.24) is 4.98 Å². The quantitative estimate of drug-likeness (QED) is 0.577. The predicted molar refractivity (Wildman–Crippen MR) is 38.2 cm³/mol. The zero-order valence-corrected chi connectivity index (χ0v) is 5.92. The third kappa shape index (κ3) is 0.618. The molecular formula is C8H9NO. The fourth-order valence-electron chi connectivity index (χ4n) is 1.27. The van der Waals surface area contributed by atoms with E-state index in [1.807, 2.05) is 0 Å². The number of hydrogen-bond acceptors (Lipinski definition) is 2. The molecule has 1 aliphatic carbocycles. The van der Waals surface area contributed by atoms with Gasteiger partial charge in [0.1, 0.15) is 0 Å². The van der Waals surface area contributed by atoms with Crippen molar-refractivity contribution < 1.29 is 4.74 Å². The van der Waals surface area contributed by atoms with Crippen LogP contribution in [0.4, 0.5) is 0 Å². The smallest absolute Gasteiger partial charge is 0.216 e. The Morgan fingerprint density at radius 2 is 2.40 bits per heavy atom. The minimum absolute atomic E-state index is 0.809. The standard InChI is InChI=1S/C8H9NO/c1-10-8-7-3-2-6(7)4-5-9-8/h4-5H,2-3H2,1H3. The summed E-state index contributed by atoms with van der Waals surface area (Å²) in [6.45, 7) is 0. The lowest BCUT2D eigenvalue weighted by molar-refractivity contribution is 0.388. The molecule has 0 bridgehead atoms. The number of aryl methyl sites for hydroxylation is 1. The maximum absolute atomic E-state index is 5.07. The van der Waals surface area contributed by atoms with Crippen LogP contribution < -0.4 is 4.74 Å². The molecule has 0 aliphatic heterocycles. The van der Waals surface area contributed by atoms with E-state index in [4.69, 9.17) is 4.74 Å². The van der Waals surface area contributed by atoms with E-state index < -0.39 is 0 Å². The molecule has 0 radical (unpaired) electrons. The number of ether oxygens (including phenoxy) is 1. The van der Waals surface area contributed by atoms with Crippen molar-refractivity contribution in [3.63, 3.8) is 0 Å². The fourth-order valence-corrected chi connectivity index (χ4v) is 1.27. The van der Waals surface area contributed by atoms with Gasteiger partial charge in [-0.15, -0.1) is 0 Å². The van der Waals surface area contributed by atoms with Crippen LogP contribution in [0.15, 0.2) is 12.3 Å². The van der Waals surface area contributed by atoms with Crippen LogP contribution in [0.25, 0.3) is 0 Å². The second-order valence-corrected chi connectivity index (χ2v) is 2.46. The first-order valence-electron chi connectivity index (χ1n) is 3.42. The highest BCUT2D eigenvalue weighted by Gasteiger charge is 2.17. The van der Waals surface area contributed by atoms with Gasteiger partial charge in [0.15, 0.2) is 0 Å². The third-order valence-electron chi connectivity index (χ3n) is 1.95. The minimum Gasteiger partial charge on any atom is -0.481 e. The highest BCUT2D eigenvalue weighted by atomic mass is 16.5. The van der Waals surface area contributed by atoms with Gasteiger partial charge in [-0.05, 0) is 24.5 Å². The van der Waals surface area contributed by atoms with E-state index in [0.717, 1.165) is 12.3 Å². The van der Waals surface area contributed by atoms with Gasteiger partial charge in [-0.2, -0.15) is 0 Å². The van der Waals surface area contributed by atoms with Gasteiger partial charge in [0.05, 0.1) is 7.11 Å². The monoisotopic (exact) mass is 135 g/mol. The van der Waals surface area contributed by atoms with E-state index >= 15 is 0 Å². The molecule has 1 aliphatic rings. The number of rotatable bonds is 1. The van der Waals surface area contributed by atoms with Gasteiger partial charge < -0.3 is 4.74 Å². The molecule has 0 saturated heterocycles. The summed E-state index contributed by atoms with van der Waals surface area (Å²) in [5.41, 5.74) is 2.69. The molecule has 2 nitrogen and oxygen atoms in total. The van der Waals surface area contributed by atoms with Crippen LogP contribution in [-0.2, 0) is 12.8 Å². The average molecular weight is 135 g/mol. The Kier molecular flexibility index (Phi) is 1.13. The van der Waals surface area contributed by atoms with Gasteiger partial charge in [-0.3, -0.25) is 0 Å². The van der Waals surface area contributed by atoms with Gasteiger partial charge in [-0.25, -0.2) is 4.98 Å². The predicted octanol–water partition coefficient (Wildman–Crippen LogP) is 1.19. The van der Waals surface area contributed by atoms with Crippen LogP contribution in [0.3, 0.4) is 0 Å². The first kappa shape index (κ1) is 5.71. The summed E-state index contributed by atoms with van der Waals surface area (Å²) >= 11 is 0. The minimum atomic E-state index is 0.809. The Balaban J connectivity index is 2.51. The summed E-state index contributed by atoms with van der Waals surface area (Å²) in [5.74, 6) is 0.809. The van der Waals surface area contributed by atoms with Crippen molar-refractivity contribution in [3.8, 4) is 5.88 Å². The molecule has 0 atom stereocenters. The summed E-state index contributed by atoms with van der Waals surface area (Å²) in [5, 5.41) is 0. The zero-order valence-electron chi connectivity index (χ0n) is 5.92. The number of methoxy groups -OCH3 is 1. The van der Waals surface area contributed by atoms with Crippen molar-refractivity contribution in [2.24, 2.45) is 0 Å². The maximum atomic E-state index is 5.07. The van der Waals surface area contributed by atoms with Crippen LogP contribution in [0.5, 0.6) is 5.88 Å². The first-order valence-corrected chi connectivity index (χ1v) is 3.42.